The Kier molecular flexibility index (Phi) is 5.88. The number of esters is 2. The summed E-state index contributed by atoms with van der Waals surface area (Å²) in [5.41, 5.74) is 0. The van der Waals surface area contributed by atoms with E-state index in [2.05, 4.69) is 15.4 Å². The van der Waals surface area contributed by atoms with Crippen molar-refractivity contribution in [2.24, 2.45) is 0 Å². The molecular weight excluding hydrogens is 184 g/mol. The molecule has 0 N–H and O–H groups in total. The molecular formula is C10H12O4. The second kappa shape index (κ2) is 6.72. The standard InChI is InChI=1S/C10H12O4/c1-4-8(3)14-10(12)7-6-9(11)13-5-2/h1,6-8H,5H2,2-3H3/b7-6+. The second-order valence-electron chi connectivity index (χ2n) is 2.33. The quantitative estimate of drug-likeness (QED) is 0.377. The van der Waals surface area contributed by atoms with Gasteiger partial charge in [0.25, 0.3) is 0 Å². The molecule has 1 unspecified atom stereocenters. The zero-order chi connectivity index (χ0) is 11.0. The normalized spacial score (nSPS) is 11.8. The Morgan fingerprint density at radius 2 is 2.00 bits per heavy atom. The van der Waals surface area contributed by atoms with E-state index in [9.17, 15) is 9.59 Å². The summed E-state index contributed by atoms with van der Waals surface area (Å²) in [5, 5.41) is 0. The van der Waals surface area contributed by atoms with Crippen molar-refractivity contribution in [3.05, 3.63) is 12.2 Å². The molecule has 0 rings (SSSR count). The van der Waals surface area contributed by atoms with Crippen LogP contribution in [0.15, 0.2) is 12.2 Å². The van der Waals surface area contributed by atoms with Gasteiger partial charge in [-0.25, -0.2) is 9.59 Å². The van der Waals surface area contributed by atoms with E-state index < -0.39 is 18.0 Å². The Labute approximate surface area is 82.9 Å². The molecule has 0 spiro atoms. The van der Waals surface area contributed by atoms with E-state index in [0.717, 1.165) is 12.2 Å². The summed E-state index contributed by atoms with van der Waals surface area (Å²) < 4.78 is 9.21. The van der Waals surface area contributed by atoms with Gasteiger partial charge in [-0.1, -0.05) is 5.92 Å². The van der Waals surface area contributed by atoms with Gasteiger partial charge in [-0.05, 0) is 13.8 Å². The molecule has 0 aromatic rings. The van der Waals surface area contributed by atoms with Gasteiger partial charge >= 0.3 is 11.9 Å². The van der Waals surface area contributed by atoms with Crippen molar-refractivity contribution in [2.45, 2.75) is 20.0 Å². The third kappa shape index (κ3) is 5.84. The molecule has 4 heteroatoms. The van der Waals surface area contributed by atoms with E-state index in [0.29, 0.717) is 0 Å². The summed E-state index contributed by atoms with van der Waals surface area (Å²) in [4.78, 5) is 21.7. The molecule has 0 fully saturated rings. The number of carbonyl (C=O) groups is 2. The Bertz CT molecular complexity index is 272. The lowest BCUT2D eigenvalue weighted by Crippen LogP contribution is -2.11. The van der Waals surface area contributed by atoms with Crippen LogP contribution in [0.3, 0.4) is 0 Å². The van der Waals surface area contributed by atoms with Crippen molar-refractivity contribution in [2.75, 3.05) is 6.61 Å². The average Bonchev–Trinajstić information content (AvgIpc) is 2.15. The van der Waals surface area contributed by atoms with Crippen LogP contribution in [-0.2, 0) is 19.1 Å². The highest BCUT2D eigenvalue weighted by molar-refractivity contribution is 5.91. The molecule has 0 aliphatic rings. The van der Waals surface area contributed by atoms with Crippen LogP contribution in [0.25, 0.3) is 0 Å². The summed E-state index contributed by atoms with van der Waals surface area (Å²) in [6.45, 7) is 3.49. The highest BCUT2D eigenvalue weighted by Crippen LogP contribution is 1.91. The van der Waals surface area contributed by atoms with Gasteiger partial charge in [-0.15, -0.1) is 6.42 Å². The van der Waals surface area contributed by atoms with Crippen LogP contribution in [0.2, 0.25) is 0 Å². The van der Waals surface area contributed by atoms with E-state index >= 15 is 0 Å². The molecule has 4 nitrogen and oxygen atoms in total. The summed E-state index contributed by atoms with van der Waals surface area (Å²) in [7, 11) is 0. The number of hydrogen-bond acceptors (Lipinski definition) is 4. The molecule has 0 saturated heterocycles. The van der Waals surface area contributed by atoms with Crippen LogP contribution in [0.4, 0.5) is 0 Å². The summed E-state index contributed by atoms with van der Waals surface area (Å²) in [6, 6.07) is 0. The first-order valence-corrected chi connectivity index (χ1v) is 4.11. The number of ether oxygens (including phenoxy) is 2. The molecule has 0 saturated carbocycles. The monoisotopic (exact) mass is 196 g/mol. The van der Waals surface area contributed by atoms with Crippen molar-refractivity contribution in [3.8, 4) is 12.3 Å². The highest BCUT2D eigenvalue weighted by Gasteiger charge is 2.03. The molecule has 0 aromatic carbocycles. The van der Waals surface area contributed by atoms with Crippen molar-refractivity contribution >= 4 is 11.9 Å². The largest absolute Gasteiger partial charge is 0.463 e. The van der Waals surface area contributed by atoms with Gasteiger partial charge in [0, 0.05) is 12.2 Å². The van der Waals surface area contributed by atoms with Crippen LogP contribution in [-0.4, -0.2) is 24.6 Å². The van der Waals surface area contributed by atoms with Gasteiger partial charge in [0.05, 0.1) is 6.61 Å². The zero-order valence-corrected chi connectivity index (χ0v) is 8.15. The van der Waals surface area contributed by atoms with Gasteiger partial charge in [-0.3, -0.25) is 0 Å². The summed E-state index contributed by atoms with van der Waals surface area (Å²) in [5.74, 6) is 0.967. The predicted octanol–water partition coefficient (Wildman–Crippen LogP) is 0.671. The molecule has 0 aliphatic carbocycles. The Balaban J connectivity index is 3.94. The molecule has 0 heterocycles. The third-order valence-electron chi connectivity index (χ3n) is 1.17. The minimum absolute atomic E-state index is 0.263. The highest BCUT2D eigenvalue weighted by atomic mass is 16.5. The Morgan fingerprint density at radius 1 is 1.43 bits per heavy atom. The maximum Gasteiger partial charge on any atom is 0.332 e. The van der Waals surface area contributed by atoms with Crippen LogP contribution in [0, 0.1) is 12.3 Å². The second-order valence-corrected chi connectivity index (χ2v) is 2.33. The van der Waals surface area contributed by atoms with Crippen molar-refractivity contribution < 1.29 is 19.1 Å². The number of rotatable bonds is 4. The van der Waals surface area contributed by atoms with E-state index in [4.69, 9.17) is 6.42 Å². The maximum absolute atomic E-state index is 10.9. The lowest BCUT2D eigenvalue weighted by atomic mass is 10.4. The van der Waals surface area contributed by atoms with E-state index in [1.807, 2.05) is 0 Å². The topological polar surface area (TPSA) is 52.6 Å². The molecule has 0 radical (unpaired) electrons. The van der Waals surface area contributed by atoms with Crippen molar-refractivity contribution in [1.29, 1.82) is 0 Å². The van der Waals surface area contributed by atoms with Crippen molar-refractivity contribution in [3.63, 3.8) is 0 Å². The fourth-order valence-electron chi connectivity index (χ4n) is 0.574. The Hall–Kier alpha value is -1.76. The third-order valence-corrected chi connectivity index (χ3v) is 1.17. The van der Waals surface area contributed by atoms with Crippen LogP contribution < -0.4 is 0 Å². The van der Waals surface area contributed by atoms with Crippen LogP contribution in [0.1, 0.15) is 13.8 Å². The lowest BCUT2D eigenvalue weighted by Gasteiger charge is -2.02. The minimum atomic E-state index is -0.663. The van der Waals surface area contributed by atoms with Gasteiger partial charge in [0.1, 0.15) is 0 Å². The first-order chi connectivity index (χ1) is 6.60. The molecule has 14 heavy (non-hydrogen) atoms. The molecule has 0 amide bonds. The fraction of sp³-hybridized carbons (Fsp3) is 0.400. The Morgan fingerprint density at radius 3 is 2.50 bits per heavy atom. The maximum atomic E-state index is 10.9. The number of terminal acetylenes is 1. The summed E-state index contributed by atoms with van der Waals surface area (Å²) in [6.07, 6.45) is 6.35. The van der Waals surface area contributed by atoms with Crippen LogP contribution in [0.5, 0.6) is 0 Å². The van der Waals surface area contributed by atoms with Gasteiger partial charge in [-0.2, -0.15) is 0 Å². The average molecular weight is 196 g/mol. The fourth-order valence-corrected chi connectivity index (χ4v) is 0.574. The SMILES string of the molecule is C#CC(C)OC(=O)/C=C/C(=O)OCC. The van der Waals surface area contributed by atoms with Gasteiger partial charge < -0.3 is 9.47 Å². The van der Waals surface area contributed by atoms with E-state index in [1.165, 1.54) is 0 Å². The molecule has 0 bridgehead atoms. The lowest BCUT2D eigenvalue weighted by molar-refractivity contribution is -0.141. The molecule has 0 aliphatic heterocycles. The molecule has 76 valence electrons. The first kappa shape index (κ1) is 12.2. The smallest absolute Gasteiger partial charge is 0.332 e. The molecule has 1 atom stereocenters. The van der Waals surface area contributed by atoms with Crippen LogP contribution >= 0.6 is 0 Å². The zero-order valence-electron chi connectivity index (χ0n) is 8.15. The predicted molar refractivity (Wildman–Crippen MR) is 50.2 cm³/mol. The van der Waals surface area contributed by atoms with E-state index in [-0.39, 0.29) is 6.61 Å². The number of carbonyl (C=O) groups excluding carboxylic acids is 2. The van der Waals surface area contributed by atoms with E-state index in [1.54, 1.807) is 13.8 Å². The minimum Gasteiger partial charge on any atom is -0.463 e. The molecule has 0 aromatic heterocycles. The van der Waals surface area contributed by atoms with Gasteiger partial charge in [0.2, 0.25) is 0 Å². The van der Waals surface area contributed by atoms with Crippen molar-refractivity contribution in [1.82, 2.24) is 0 Å². The number of hydrogen-bond donors (Lipinski definition) is 0. The summed E-state index contributed by atoms with van der Waals surface area (Å²) >= 11 is 0. The van der Waals surface area contributed by atoms with Gasteiger partial charge in [0.15, 0.2) is 6.10 Å². The first-order valence-electron chi connectivity index (χ1n) is 4.11.